The summed E-state index contributed by atoms with van der Waals surface area (Å²) in [5, 5.41) is 3.12. The molecule has 0 saturated heterocycles. The summed E-state index contributed by atoms with van der Waals surface area (Å²) in [4.78, 5) is 11.3. The van der Waals surface area contributed by atoms with E-state index in [4.69, 9.17) is 0 Å². The van der Waals surface area contributed by atoms with Gasteiger partial charge in [0.1, 0.15) is 6.04 Å². The van der Waals surface area contributed by atoms with Crippen LogP contribution in [0.4, 0.5) is 0 Å². The summed E-state index contributed by atoms with van der Waals surface area (Å²) >= 11 is 0. The molecule has 0 aromatic rings. The van der Waals surface area contributed by atoms with Crippen LogP contribution < -0.4 is 5.32 Å². The second-order valence-corrected chi connectivity index (χ2v) is 3.44. The first-order chi connectivity index (χ1) is 6.02. The number of esters is 1. The maximum absolute atomic E-state index is 11.3. The molecule has 2 atom stereocenters. The van der Waals surface area contributed by atoms with Crippen molar-refractivity contribution in [3.05, 3.63) is 12.7 Å². The average molecular weight is 185 g/mol. The van der Waals surface area contributed by atoms with E-state index < -0.39 is 0 Å². The second-order valence-electron chi connectivity index (χ2n) is 3.44. The molecule has 0 bridgehead atoms. The van der Waals surface area contributed by atoms with Crippen LogP contribution >= 0.6 is 0 Å². The number of methoxy groups -OCH3 is 1. The van der Waals surface area contributed by atoms with Crippen molar-refractivity contribution < 1.29 is 9.53 Å². The highest BCUT2D eigenvalue weighted by molar-refractivity contribution is 5.76. The van der Waals surface area contributed by atoms with Gasteiger partial charge in [-0.3, -0.25) is 10.1 Å². The Hall–Kier alpha value is -0.830. The van der Waals surface area contributed by atoms with Gasteiger partial charge < -0.3 is 4.74 Å². The molecule has 3 nitrogen and oxygen atoms in total. The summed E-state index contributed by atoms with van der Waals surface area (Å²) in [6.45, 7) is 9.55. The van der Waals surface area contributed by atoms with Crippen molar-refractivity contribution >= 4 is 5.97 Å². The largest absolute Gasteiger partial charge is 0.468 e. The van der Waals surface area contributed by atoms with Crippen LogP contribution in [0.3, 0.4) is 0 Å². The SMILES string of the molecule is C=CC(C)NC(C(=O)OC)C(C)C. The van der Waals surface area contributed by atoms with Crippen molar-refractivity contribution in [2.75, 3.05) is 7.11 Å². The number of nitrogens with one attached hydrogen (secondary N) is 1. The van der Waals surface area contributed by atoms with Gasteiger partial charge in [-0.25, -0.2) is 0 Å². The van der Waals surface area contributed by atoms with E-state index in [0.717, 1.165) is 0 Å². The van der Waals surface area contributed by atoms with Gasteiger partial charge in [-0.05, 0) is 12.8 Å². The molecular weight excluding hydrogens is 166 g/mol. The molecule has 0 spiro atoms. The van der Waals surface area contributed by atoms with Gasteiger partial charge in [0.2, 0.25) is 0 Å². The lowest BCUT2D eigenvalue weighted by Gasteiger charge is -2.22. The van der Waals surface area contributed by atoms with Crippen LogP contribution in [0.5, 0.6) is 0 Å². The molecule has 0 amide bonds. The third-order valence-corrected chi connectivity index (χ3v) is 1.92. The normalized spacial score (nSPS) is 15.2. The fourth-order valence-electron chi connectivity index (χ4n) is 1.01. The van der Waals surface area contributed by atoms with Crippen LogP contribution in [-0.4, -0.2) is 25.2 Å². The number of rotatable bonds is 5. The third-order valence-electron chi connectivity index (χ3n) is 1.92. The number of carbonyl (C=O) groups excluding carboxylic acids is 1. The van der Waals surface area contributed by atoms with Crippen LogP contribution in [0.2, 0.25) is 0 Å². The molecule has 0 saturated carbocycles. The Labute approximate surface area is 80.2 Å². The quantitative estimate of drug-likeness (QED) is 0.519. The van der Waals surface area contributed by atoms with Crippen molar-refractivity contribution in [1.29, 1.82) is 0 Å². The van der Waals surface area contributed by atoms with E-state index in [0.29, 0.717) is 0 Å². The standard InChI is InChI=1S/C10H19NO2/c1-6-8(4)11-9(7(2)3)10(12)13-5/h6-9,11H,1H2,2-5H3. The fourth-order valence-corrected chi connectivity index (χ4v) is 1.01. The molecule has 0 aliphatic heterocycles. The summed E-state index contributed by atoms with van der Waals surface area (Å²) < 4.78 is 4.68. The lowest BCUT2D eigenvalue weighted by Crippen LogP contribution is -2.45. The first-order valence-electron chi connectivity index (χ1n) is 4.49. The van der Waals surface area contributed by atoms with Gasteiger partial charge >= 0.3 is 5.97 Å². The van der Waals surface area contributed by atoms with Crippen molar-refractivity contribution in [3.8, 4) is 0 Å². The molecule has 13 heavy (non-hydrogen) atoms. The first kappa shape index (κ1) is 12.2. The molecule has 0 aliphatic carbocycles. The van der Waals surface area contributed by atoms with Gasteiger partial charge in [-0.15, -0.1) is 6.58 Å². The maximum Gasteiger partial charge on any atom is 0.323 e. The third kappa shape index (κ3) is 4.08. The second kappa shape index (κ2) is 5.75. The van der Waals surface area contributed by atoms with E-state index in [2.05, 4.69) is 16.6 Å². The predicted molar refractivity (Wildman–Crippen MR) is 53.4 cm³/mol. The topological polar surface area (TPSA) is 38.3 Å². The predicted octanol–water partition coefficient (Wildman–Crippen LogP) is 1.35. The van der Waals surface area contributed by atoms with Crippen LogP contribution in [-0.2, 0) is 9.53 Å². The van der Waals surface area contributed by atoms with Gasteiger partial charge in [0.05, 0.1) is 7.11 Å². The van der Waals surface area contributed by atoms with Gasteiger partial charge in [0, 0.05) is 6.04 Å². The summed E-state index contributed by atoms with van der Waals surface area (Å²) in [5.41, 5.74) is 0. The first-order valence-corrected chi connectivity index (χ1v) is 4.49. The zero-order chi connectivity index (χ0) is 10.4. The van der Waals surface area contributed by atoms with E-state index in [1.807, 2.05) is 20.8 Å². The zero-order valence-corrected chi connectivity index (χ0v) is 8.83. The van der Waals surface area contributed by atoms with Crippen LogP contribution in [0, 0.1) is 5.92 Å². The molecule has 76 valence electrons. The smallest absolute Gasteiger partial charge is 0.323 e. The van der Waals surface area contributed by atoms with E-state index in [-0.39, 0.29) is 24.0 Å². The number of hydrogen-bond acceptors (Lipinski definition) is 3. The van der Waals surface area contributed by atoms with E-state index >= 15 is 0 Å². The molecule has 0 aliphatic rings. The van der Waals surface area contributed by atoms with E-state index in [1.165, 1.54) is 7.11 Å². The summed E-state index contributed by atoms with van der Waals surface area (Å²) in [7, 11) is 1.40. The molecule has 2 unspecified atom stereocenters. The van der Waals surface area contributed by atoms with Crippen molar-refractivity contribution in [3.63, 3.8) is 0 Å². The summed E-state index contributed by atoms with van der Waals surface area (Å²) in [6.07, 6.45) is 1.76. The Bertz CT molecular complexity index is 178. The Kier molecular flexibility index (Phi) is 5.39. The minimum absolute atomic E-state index is 0.117. The minimum atomic E-state index is -0.252. The Morgan fingerprint density at radius 1 is 1.46 bits per heavy atom. The monoisotopic (exact) mass is 185 g/mol. The Balaban J connectivity index is 4.25. The number of carbonyl (C=O) groups is 1. The summed E-state index contributed by atoms with van der Waals surface area (Å²) in [6, 6.07) is -0.135. The van der Waals surface area contributed by atoms with Gasteiger partial charge in [-0.1, -0.05) is 19.9 Å². The zero-order valence-electron chi connectivity index (χ0n) is 8.83. The van der Waals surface area contributed by atoms with Gasteiger partial charge in [0.25, 0.3) is 0 Å². The Morgan fingerprint density at radius 3 is 2.31 bits per heavy atom. The molecule has 0 heterocycles. The number of ether oxygens (including phenoxy) is 1. The molecular formula is C10H19NO2. The van der Waals surface area contributed by atoms with Crippen LogP contribution in [0.1, 0.15) is 20.8 Å². The average Bonchev–Trinajstić information content (AvgIpc) is 2.11. The van der Waals surface area contributed by atoms with Crippen molar-refractivity contribution in [1.82, 2.24) is 5.32 Å². The molecule has 0 radical (unpaired) electrons. The number of hydrogen-bond donors (Lipinski definition) is 1. The molecule has 0 aromatic heterocycles. The minimum Gasteiger partial charge on any atom is -0.468 e. The molecule has 0 rings (SSSR count). The molecule has 3 heteroatoms. The van der Waals surface area contributed by atoms with Gasteiger partial charge in [-0.2, -0.15) is 0 Å². The highest BCUT2D eigenvalue weighted by Gasteiger charge is 2.23. The molecule has 1 N–H and O–H groups in total. The lowest BCUT2D eigenvalue weighted by atomic mass is 10.0. The van der Waals surface area contributed by atoms with Crippen LogP contribution in [0.25, 0.3) is 0 Å². The highest BCUT2D eigenvalue weighted by Crippen LogP contribution is 2.04. The molecule has 0 fully saturated rings. The fraction of sp³-hybridized carbons (Fsp3) is 0.700. The Morgan fingerprint density at radius 2 is 2.00 bits per heavy atom. The van der Waals surface area contributed by atoms with Crippen LogP contribution in [0.15, 0.2) is 12.7 Å². The van der Waals surface area contributed by atoms with Gasteiger partial charge in [0.15, 0.2) is 0 Å². The lowest BCUT2D eigenvalue weighted by molar-refractivity contribution is -0.144. The summed E-state index contributed by atoms with van der Waals surface area (Å²) in [5.74, 6) is -0.00134. The maximum atomic E-state index is 11.3. The van der Waals surface area contributed by atoms with Crippen molar-refractivity contribution in [2.45, 2.75) is 32.9 Å². The molecule has 0 aromatic carbocycles. The van der Waals surface area contributed by atoms with Crippen molar-refractivity contribution in [2.24, 2.45) is 5.92 Å². The highest BCUT2D eigenvalue weighted by atomic mass is 16.5. The van der Waals surface area contributed by atoms with E-state index in [1.54, 1.807) is 6.08 Å². The van der Waals surface area contributed by atoms with E-state index in [9.17, 15) is 4.79 Å².